The van der Waals surface area contributed by atoms with Gasteiger partial charge in [-0.15, -0.1) is 0 Å². The summed E-state index contributed by atoms with van der Waals surface area (Å²) in [6.45, 7) is -1.02. The van der Waals surface area contributed by atoms with Crippen LogP contribution in [-0.4, -0.2) is 23.8 Å². The van der Waals surface area contributed by atoms with Crippen LogP contribution >= 0.6 is 0 Å². The maximum absolute atomic E-state index is 8.16. The number of hydrogen-bond acceptors (Lipinski definition) is 5. The van der Waals surface area contributed by atoms with Gasteiger partial charge in [0.2, 0.25) is 0 Å². The molecular weight excluding hydrogens is 127 g/mol. The molecule has 2 N–H and O–H groups in total. The molecule has 0 saturated carbocycles. The molecule has 50 valence electrons. The van der Waals surface area contributed by atoms with Crippen LogP contribution in [0, 0.1) is 0 Å². The summed E-state index contributed by atoms with van der Waals surface area (Å²) in [7, 11) is -1.87. The quantitative estimate of drug-likeness (QED) is 0.460. The van der Waals surface area contributed by atoms with Crippen molar-refractivity contribution in [2.24, 2.45) is 0 Å². The molecule has 0 aromatic rings. The van der Waals surface area contributed by atoms with E-state index in [1.54, 1.807) is 0 Å². The van der Waals surface area contributed by atoms with E-state index in [0.717, 1.165) is 0 Å². The van der Waals surface area contributed by atoms with Crippen LogP contribution in [0.15, 0.2) is 12.5 Å². The van der Waals surface area contributed by atoms with Crippen molar-refractivity contribution in [1.82, 2.24) is 0 Å². The van der Waals surface area contributed by atoms with E-state index in [9.17, 15) is 0 Å². The minimum absolute atomic E-state index is 1.02. The minimum atomic E-state index is -1.87. The van der Waals surface area contributed by atoms with Crippen molar-refractivity contribution in [3.63, 3.8) is 0 Å². The van der Waals surface area contributed by atoms with Gasteiger partial charge in [-0.3, -0.25) is 0 Å². The van der Waals surface area contributed by atoms with Crippen molar-refractivity contribution >= 4 is 7.32 Å². The summed E-state index contributed by atoms with van der Waals surface area (Å²) in [6, 6.07) is 0. The third-order valence-corrected chi connectivity index (χ3v) is 0.668. The number of hydrogen-bond donors (Lipinski definition) is 2. The van der Waals surface area contributed by atoms with Crippen molar-refractivity contribution in [2.75, 3.05) is 0 Å². The van der Waals surface area contributed by atoms with Crippen LogP contribution in [-0.2, 0) is 14.1 Å². The SMILES string of the molecule is OB(O)OC1OC=CO1. The Morgan fingerprint density at radius 2 is 1.89 bits per heavy atom. The molecule has 6 heteroatoms. The van der Waals surface area contributed by atoms with Crippen molar-refractivity contribution < 1.29 is 24.2 Å². The van der Waals surface area contributed by atoms with Crippen LogP contribution < -0.4 is 0 Å². The number of ether oxygens (including phenoxy) is 2. The van der Waals surface area contributed by atoms with E-state index in [1.165, 1.54) is 12.5 Å². The van der Waals surface area contributed by atoms with Crippen molar-refractivity contribution in [3.8, 4) is 0 Å². The first kappa shape index (κ1) is 6.41. The van der Waals surface area contributed by atoms with Crippen LogP contribution in [0.25, 0.3) is 0 Å². The lowest BCUT2D eigenvalue weighted by molar-refractivity contribution is -0.180. The van der Waals surface area contributed by atoms with E-state index in [-0.39, 0.29) is 0 Å². The van der Waals surface area contributed by atoms with Gasteiger partial charge >= 0.3 is 13.8 Å². The second kappa shape index (κ2) is 2.72. The van der Waals surface area contributed by atoms with Crippen LogP contribution in [0.3, 0.4) is 0 Å². The summed E-state index contributed by atoms with van der Waals surface area (Å²) in [4.78, 5) is 0. The van der Waals surface area contributed by atoms with Crippen LogP contribution in [0.2, 0.25) is 0 Å². The van der Waals surface area contributed by atoms with Crippen LogP contribution in [0.1, 0.15) is 0 Å². The van der Waals surface area contributed by atoms with Gasteiger partial charge in [-0.25, -0.2) is 0 Å². The van der Waals surface area contributed by atoms with E-state index in [1.807, 2.05) is 0 Å². The molecule has 0 radical (unpaired) electrons. The van der Waals surface area contributed by atoms with E-state index in [2.05, 4.69) is 14.1 Å². The Bertz CT molecular complexity index is 105. The Labute approximate surface area is 51.6 Å². The summed E-state index contributed by atoms with van der Waals surface area (Å²) in [5, 5.41) is 16.3. The summed E-state index contributed by atoms with van der Waals surface area (Å²) in [5.41, 5.74) is 0. The molecule has 1 aliphatic heterocycles. The molecule has 1 rings (SSSR count). The molecule has 0 aromatic heterocycles. The molecule has 5 nitrogen and oxygen atoms in total. The van der Waals surface area contributed by atoms with Crippen LogP contribution in [0.4, 0.5) is 0 Å². The average Bonchev–Trinajstić information content (AvgIpc) is 2.15. The third-order valence-electron chi connectivity index (χ3n) is 0.668. The lowest BCUT2D eigenvalue weighted by Crippen LogP contribution is -2.25. The fourth-order valence-electron chi connectivity index (χ4n) is 0.388. The fourth-order valence-corrected chi connectivity index (χ4v) is 0.388. The minimum Gasteiger partial charge on any atom is -0.438 e. The molecule has 0 aliphatic carbocycles. The lowest BCUT2D eigenvalue weighted by Gasteiger charge is -2.08. The Morgan fingerprint density at radius 1 is 1.33 bits per heavy atom. The fraction of sp³-hybridized carbons (Fsp3) is 0.333. The summed E-state index contributed by atoms with van der Waals surface area (Å²) in [5.74, 6) is 0. The molecule has 0 amide bonds. The van der Waals surface area contributed by atoms with Gasteiger partial charge in [0.25, 0.3) is 0 Å². The Balaban J connectivity index is 2.14. The standard InChI is InChI=1S/C3H5BO5/c5-4(6)9-3-7-1-2-8-3/h1-3,5-6H. The summed E-state index contributed by atoms with van der Waals surface area (Å²) in [6.07, 6.45) is 2.49. The first-order valence-corrected chi connectivity index (χ1v) is 2.26. The Morgan fingerprint density at radius 3 is 2.33 bits per heavy atom. The predicted molar refractivity (Wildman–Crippen MR) is 26.4 cm³/mol. The summed E-state index contributed by atoms with van der Waals surface area (Å²) >= 11 is 0. The molecule has 9 heavy (non-hydrogen) atoms. The van der Waals surface area contributed by atoms with Crippen molar-refractivity contribution in [1.29, 1.82) is 0 Å². The monoisotopic (exact) mass is 132 g/mol. The van der Waals surface area contributed by atoms with Gasteiger partial charge in [0, 0.05) is 0 Å². The van der Waals surface area contributed by atoms with Gasteiger partial charge in [-0.05, 0) is 0 Å². The smallest absolute Gasteiger partial charge is 0.438 e. The topological polar surface area (TPSA) is 68.2 Å². The van der Waals surface area contributed by atoms with Gasteiger partial charge in [0.15, 0.2) is 0 Å². The Kier molecular flexibility index (Phi) is 1.94. The third kappa shape index (κ3) is 1.92. The second-order valence-corrected chi connectivity index (χ2v) is 1.30. The van der Waals surface area contributed by atoms with Gasteiger partial charge < -0.3 is 24.2 Å². The zero-order chi connectivity index (χ0) is 6.69. The van der Waals surface area contributed by atoms with Gasteiger partial charge in [0.1, 0.15) is 12.5 Å². The molecule has 1 heterocycles. The van der Waals surface area contributed by atoms with Gasteiger partial charge in [0.05, 0.1) is 0 Å². The molecule has 0 aromatic carbocycles. The molecule has 0 atom stereocenters. The van der Waals surface area contributed by atoms with Crippen LogP contribution in [0.5, 0.6) is 0 Å². The predicted octanol–water partition coefficient (Wildman–Crippen LogP) is -1.23. The highest BCUT2D eigenvalue weighted by atomic mass is 16.9. The highest BCUT2D eigenvalue weighted by molar-refractivity contribution is 6.32. The van der Waals surface area contributed by atoms with E-state index >= 15 is 0 Å². The first-order valence-electron chi connectivity index (χ1n) is 2.26. The normalized spacial score (nSPS) is 17.1. The highest BCUT2D eigenvalue weighted by Crippen LogP contribution is 2.05. The maximum atomic E-state index is 8.16. The molecular formula is C3H5BO5. The second-order valence-electron chi connectivity index (χ2n) is 1.30. The van der Waals surface area contributed by atoms with E-state index in [4.69, 9.17) is 10.0 Å². The van der Waals surface area contributed by atoms with Crippen molar-refractivity contribution in [3.05, 3.63) is 12.5 Å². The molecule has 0 spiro atoms. The molecule has 0 fully saturated rings. The van der Waals surface area contributed by atoms with Gasteiger partial charge in [-0.1, -0.05) is 0 Å². The molecule has 1 aliphatic rings. The first-order chi connectivity index (χ1) is 4.29. The van der Waals surface area contributed by atoms with Crippen molar-refractivity contribution in [2.45, 2.75) is 6.48 Å². The van der Waals surface area contributed by atoms with E-state index in [0.29, 0.717) is 0 Å². The summed E-state index contributed by atoms with van der Waals surface area (Å²) < 4.78 is 13.3. The average molecular weight is 132 g/mol. The Hall–Kier alpha value is -0.715. The molecule has 0 unspecified atom stereocenters. The molecule has 0 saturated heterocycles. The van der Waals surface area contributed by atoms with E-state index < -0.39 is 13.8 Å². The largest absolute Gasteiger partial charge is 0.639 e. The molecule has 0 bridgehead atoms. The van der Waals surface area contributed by atoms with Gasteiger partial charge in [-0.2, -0.15) is 0 Å². The maximum Gasteiger partial charge on any atom is 0.639 e. The highest BCUT2D eigenvalue weighted by Gasteiger charge is 2.20. The lowest BCUT2D eigenvalue weighted by atomic mass is 10.3. The zero-order valence-electron chi connectivity index (χ0n) is 4.43. The zero-order valence-corrected chi connectivity index (χ0v) is 4.43. The number of rotatable bonds is 2.